The molecule has 0 radical (unpaired) electrons. The number of hydrogen-bond acceptors (Lipinski definition) is 6. The summed E-state index contributed by atoms with van der Waals surface area (Å²) in [5.41, 5.74) is 3.22. The lowest BCUT2D eigenvalue weighted by molar-refractivity contribution is -0.118. The molecule has 8 heteroatoms. The molecule has 0 aliphatic heterocycles. The van der Waals surface area contributed by atoms with Gasteiger partial charge in [0.15, 0.2) is 10.8 Å². The van der Waals surface area contributed by atoms with Crippen LogP contribution in [0.15, 0.2) is 40.2 Å². The van der Waals surface area contributed by atoms with Crippen molar-refractivity contribution in [1.29, 1.82) is 0 Å². The second kappa shape index (κ2) is 8.59. The van der Waals surface area contributed by atoms with Crippen LogP contribution in [-0.2, 0) is 11.2 Å². The zero-order valence-electron chi connectivity index (χ0n) is 15.1. The number of anilines is 1. The van der Waals surface area contributed by atoms with E-state index >= 15 is 0 Å². The average molecular weight is 384 g/mol. The first kappa shape index (κ1) is 18.8. The van der Waals surface area contributed by atoms with Crippen LogP contribution in [0.3, 0.4) is 0 Å². The van der Waals surface area contributed by atoms with Crippen molar-refractivity contribution in [3.05, 3.63) is 52.7 Å². The van der Waals surface area contributed by atoms with E-state index in [1.807, 2.05) is 17.5 Å². The highest BCUT2D eigenvalue weighted by Gasteiger charge is 2.13. The molecule has 2 aromatic heterocycles. The Bertz CT molecular complexity index is 931. The monoisotopic (exact) mass is 384 g/mol. The predicted octanol–water partition coefficient (Wildman–Crippen LogP) is 3.43. The number of carbonyl (C=O) groups excluding carboxylic acids is 2. The third-order valence-corrected chi connectivity index (χ3v) is 4.61. The molecule has 1 aromatic carbocycles. The fourth-order valence-electron chi connectivity index (χ4n) is 2.50. The standard InChI is InChI=1S/C19H20N4O3S/c1-12-10-16(23-26-12)18(25)22-19-21-17(11-27-19)15-7-5-14(6-8-15)4-3-9-20-13(2)24/h5-8,10-11H,3-4,9H2,1-2H3,(H,20,24)(H,21,22,25). The smallest absolute Gasteiger partial charge is 0.279 e. The summed E-state index contributed by atoms with van der Waals surface area (Å²) in [6.07, 6.45) is 1.80. The number of nitrogens with zero attached hydrogens (tertiary/aromatic N) is 2. The summed E-state index contributed by atoms with van der Waals surface area (Å²) in [5, 5.41) is 11.6. The van der Waals surface area contributed by atoms with Crippen LogP contribution in [-0.4, -0.2) is 28.5 Å². The highest BCUT2D eigenvalue weighted by atomic mass is 32.1. The molecule has 0 fully saturated rings. The molecule has 140 valence electrons. The van der Waals surface area contributed by atoms with E-state index in [9.17, 15) is 9.59 Å². The molecule has 0 bridgehead atoms. The molecule has 2 amide bonds. The van der Waals surface area contributed by atoms with E-state index < -0.39 is 0 Å². The van der Waals surface area contributed by atoms with E-state index in [1.54, 1.807) is 13.0 Å². The quantitative estimate of drug-likeness (QED) is 0.608. The Labute approximate surface area is 160 Å². The predicted molar refractivity (Wildman–Crippen MR) is 104 cm³/mol. The number of carbonyl (C=O) groups is 2. The van der Waals surface area contributed by atoms with Crippen LogP contribution in [0.5, 0.6) is 0 Å². The van der Waals surface area contributed by atoms with Crippen molar-refractivity contribution in [1.82, 2.24) is 15.5 Å². The summed E-state index contributed by atoms with van der Waals surface area (Å²) >= 11 is 1.36. The lowest BCUT2D eigenvalue weighted by atomic mass is 10.1. The lowest BCUT2D eigenvalue weighted by Crippen LogP contribution is -2.21. The lowest BCUT2D eigenvalue weighted by Gasteiger charge is -2.04. The third-order valence-electron chi connectivity index (χ3n) is 3.85. The number of amides is 2. The van der Waals surface area contributed by atoms with Gasteiger partial charge in [-0.2, -0.15) is 0 Å². The second-order valence-electron chi connectivity index (χ2n) is 6.10. The molecular weight excluding hydrogens is 364 g/mol. The maximum atomic E-state index is 12.1. The van der Waals surface area contributed by atoms with Crippen molar-refractivity contribution in [2.75, 3.05) is 11.9 Å². The Morgan fingerprint density at radius 3 is 2.67 bits per heavy atom. The average Bonchev–Trinajstić information content (AvgIpc) is 3.28. The molecule has 3 rings (SSSR count). The normalized spacial score (nSPS) is 10.6. The molecule has 0 aliphatic carbocycles. The summed E-state index contributed by atoms with van der Waals surface area (Å²) in [7, 11) is 0. The minimum absolute atomic E-state index is 0.00420. The fourth-order valence-corrected chi connectivity index (χ4v) is 3.21. The van der Waals surface area contributed by atoms with Gasteiger partial charge in [0.05, 0.1) is 5.69 Å². The Morgan fingerprint density at radius 2 is 2.00 bits per heavy atom. The number of rotatable bonds is 7. The largest absolute Gasteiger partial charge is 0.361 e. The van der Waals surface area contributed by atoms with Crippen LogP contribution in [0.1, 0.15) is 35.2 Å². The van der Waals surface area contributed by atoms with E-state index in [4.69, 9.17) is 4.52 Å². The zero-order valence-corrected chi connectivity index (χ0v) is 15.9. The topological polar surface area (TPSA) is 97.1 Å². The van der Waals surface area contributed by atoms with Crippen molar-refractivity contribution in [3.8, 4) is 11.3 Å². The van der Waals surface area contributed by atoms with Crippen molar-refractivity contribution >= 4 is 28.3 Å². The molecule has 2 heterocycles. The van der Waals surface area contributed by atoms with Crippen molar-refractivity contribution in [3.63, 3.8) is 0 Å². The molecular formula is C19H20N4O3S. The van der Waals surface area contributed by atoms with Crippen molar-refractivity contribution in [2.24, 2.45) is 0 Å². The van der Waals surface area contributed by atoms with Crippen LogP contribution in [0, 0.1) is 6.92 Å². The molecule has 3 aromatic rings. The minimum atomic E-state index is -0.345. The molecule has 0 spiro atoms. The molecule has 0 aliphatic rings. The van der Waals surface area contributed by atoms with Gasteiger partial charge in [0.1, 0.15) is 5.76 Å². The highest BCUT2D eigenvalue weighted by Crippen LogP contribution is 2.25. The van der Waals surface area contributed by atoms with Gasteiger partial charge in [-0.25, -0.2) is 4.98 Å². The van der Waals surface area contributed by atoms with E-state index in [1.165, 1.54) is 23.8 Å². The van der Waals surface area contributed by atoms with E-state index in [0.717, 1.165) is 24.1 Å². The number of benzene rings is 1. The van der Waals surface area contributed by atoms with E-state index in [-0.39, 0.29) is 17.5 Å². The number of thiazole rings is 1. The Balaban J connectivity index is 1.57. The molecule has 0 atom stereocenters. The molecule has 2 N–H and O–H groups in total. The molecule has 0 unspecified atom stereocenters. The minimum Gasteiger partial charge on any atom is -0.361 e. The van der Waals surface area contributed by atoms with Crippen LogP contribution in [0.4, 0.5) is 5.13 Å². The second-order valence-corrected chi connectivity index (χ2v) is 6.96. The van der Waals surface area contributed by atoms with Gasteiger partial charge in [-0.1, -0.05) is 29.4 Å². The Morgan fingerprint density at radius 1 is 1.22 bits per heavy atom. The van der Waals surface area contributed by atoms with E-state index in [2.05, 4.69) is 32.9 Å². The Hall–Kier alpha value is -3.00. The summed E-state index contributed by atoms with van der Waals surface area (Å²) in [4.78, 5) is 27.4. The number of hydrogen-bond donors (Lipinski definition) is 2. The summed E-state index contributed by atoms with van der Waals surface area (Å²) in [5.74, 6) is 0.231. The molecule has 27 heavy (non-hydrogen) atoms. The maximum Gasteiger partial charge on any atom is 0.279 e. The first-order valence-electron chi connectivity index (χ1n) is 8.55. The molecule has 7 nitrogen and oxygen atoms in total. The van der Waals surface area contributed by atoms with Gasteiger partial charge >= 0.3 is 0 Å². The molecule has 0 saturated heterocycles. The van der Waals surface area contributed by atoms with Crippen LogP contribution in [0.25, 0.3) is 11.3 Å². The van der Waals surface area contributed by atoms with Gasteiger partial charge in [0, 0.05) is 30.5 Å². The zero-order chi connectivity index (χ0) is 19.2. The van der Waals surface area contributed by atoms with Gasteiger partial charge in [-0.3, -0.25) is 14.9 Å². The van der Waals surface area contributed by atoms with Crippen LogP contribution < -0.4 is 10.6 Å². The van der Waals surface area contributed by atoms with E-state index in [0.29, 0.717) is 17.4 Å². The number of aromatic nitrogens is 2. The summed E-state index contributed by atoms with van der Waals surface area (Å²) in [6, 6.07) is 9.71. The van der Waals surface area contributed by atoms with Gasteiger partial charge in [-0.05, 0) is 25.3 Å². The first-order valence-corrected chi connectivity index (χ1v) is 9.43. The first-order chi connectivity index (χ1) is 13.0. The third kappa shape index (κ3) is 5.24. The maximum absolute atomic E-state index is 12.1. The molecule has 0 saturated carbocycles. The van der Waals surface area contributed by atoms with Crippen LogP contribution >= 0.6 is 11.3 Å². The van der Waals surface area contributed by atoms with Gasteiger partial charge < -0.3 is 9.84 Å². The Kier molecular flexibility index (Phi) is 5.97. The summed E-state index contributed by atoms with van der Waals surface area (Å²) < 4.78 is 4.91. The number of aryl methyl sites for hydroxylation is 2. The van der Waals surface area contributed by atoms with Crippen molar-refractivity contribution < 1.29 is 14.1 Å². The van der Waals surface area contributed by atoms with Gasteiger partial charge in [0.25, 0.3) is 5.91 Å². The van der Waals surface area contributed by atoms with Gasteiger partial charge in [-0.15, -0.1) is 11.3 Å². The fraction of sp³-hybridized carbons (Fsp3) is 0.263. The summed E-state index contributed by atoms with van der Waals surface area (Å²) in [6.45, 7) is 3.93. The highest BCUT2D eigenvalue weighted by molar-refractivity contribution is 7.14. The van der Waals surface area contributed by atoms with Gasteiger partial charge in [0.2, 0.25) is 5.91 Å². The van der Waals surface area contributed by atoms with Crippen LogP contribution in [0.2, 0.25) is 0 Å². The van der Waals surface area contributed by atoms with Crippen molar-refractivity contribution in [2.45, 2.75) is 26.7 Å². The number of nitrogens with one attached hydrogen (secondary N) is 2. The SMILES string of the molecule is CC(=O)NCCCc1ccc(-c2csc(NC(=O)c3cc(C)on3)n2)cc1.